The Hall–Kier alpha value is -1.67. The standard InChI is InChI=1S/C13H11FO/c14-13-7-6-10(9-15)8-12(13)11-4-2-1-3-5-11/h1-8,15H,9H2. The molecule has 0 radical (unpaired) electrons. The van der Waals surface area contributed by atoms with Crippen molar-refractivity contribution in [1.82, 2.24) is 0 Å². The van der Waals surface area contributed by atoms with Crippen LogP contribution in [0.2, 0.25) is 0 Å². The lowest BCUT2D eigenvalue weighted by molar-refractivity contribution is 0.282. The van der Waals surface area contributed by atoms with E-state index in [2.05, 4.69) is 0 Å². The molecule has 0 amide bonds. The number of hydrogen-bond donors (Lipinski definition) is 1. The molecule has 2 aromatic rings. The van der Waals surface area contributed by atoms with Crippen LogP contribution in [-0.2, 0) is 6.61 Å². The zero-order chi connectivity index (χ0) is 10.7. The van der Waals surface area contributed by atoms with Crippen molar-refractivity contribution in [3.8, 4) is 11.1 Å². The molecule has 15 heavy (non-hydrogen) atoms. The fourth-order valence-electron chi connectivity index (χ4n) is 1.51. The van der Waals surface area contributed by atoms with Gasteiger partial charge in [0.05, 0.1) is 6.61 Å². The first-order valence-electron chi connectivity index (χ1n) is 4.76. The molecule has 0 saturated carbocycles. The van der Waals surface area contributed by atoms with E-state index in [1.807, 2.05) is 30.3 Å². The van der Waals surface area contributed by atoms with Gasteiger partial charge in [-0.1, -0.05) is 36.4 Å². The molecule has 0 aliphatic heterocycles. The predicted octanol–water partition coefficient (Wildman–Crippen LogP) is 2.99. The third-order valence-corrected chi connectivity index (χ3v) is 2.30. The van der Waals surface area contributed by atoms with Crippen LogP contribution in [0.25, 0.3) is 11.1 Å². The second kappa shape index (κ2) is 4.24. The van der Waals surface area contributed by atoms with Crippen LogP contribution in [0, 0.1) is 5.82 Å². The predicted molar refractivity (Wildman–Crippen MR) is 57.8 cm³/mol. The maximum absolute atomic E-state index is 13.5. The van der Waals surface area contributed by atoms with Gasteiger partial charge in [-0.05, 0) is 23.3 Å². The lowest BCUT2D eigenvalue weighted by atomic mass is 10.0. The maximum atomic E-state index is 13.5. The van der Waals surface area contributed by atoms with E-state index in [-0.39, 0.29) is 12.4 Å². The van der Waals surface area contributed by atoms with Gasteiger partial charge >= 0.3 is 0 Å². The van der Waals surface area contributed by atoms with Crippen LogP contribution >= 0.6 is 0 Å². The lowest BCUT2D eigenvalue weighted by Gasteiger charge is -2.05. The first-order valence-corrected chi connectivity index (χ1v) is 4.76. The summed E-state index contributed by atoms with van der Waals surface area (Å²) in [4.78, 5) is 0. The van der Waals surface area contributed by atoms with Crippen LogP contribution in [0.5, 0.6) is 0 Å². The Kier molecular flexibility index (Phi) is 2.79. The Morgan fingerprint density at radius 2 is 1.73 bits per heavy atom. The van der Waals surface area contributed by atoms with Gasteiger partial charge in [-0.25, -0.2) is 4.39 Å². The largest absolute Gasteiger partial charge is 0.392 e. The quantitative estimate of drug-likeness (QED) is 0.793. The molecule has 0 spiro atoms. The van der Waals surface area contributed by atoms with E-state index in [0.29, 0.717) is 5.56 Å². The summed E-state index contributed by atoms with van der Waals surface area (Å²) in [7, 11) is 0. The fourth-order valence-corrected chi connectivity index (χ4v) is 1.51. The Morgan fingerprint density at radius 1 is 1.00 bits per heavy atom. The summed E-state index contributed by atoms with van der Waals surface area (Å²) in [6, 6.07) is 13.9. The monoisotopic (exact) mass is 202 g/mol. The van der Waals surface area contributed by atoms with Gasteiger partial charge in [0, 0.05) is 5.56 Å². The van der Waals surface area contributed by atoms with Crippen LogP contribution < -0.4 is 0 Å². The van der Waals surface area contributed by atoms with E-state index in [0.717, 1.165) is 11.1 Å². The molecule has 0 aliphatic rings. The summed E-state index contributed by atoms with van der Waals surface area (Å²) in [5.74, 6) is -0.265. The molecule has 2 aromatic carbocycles. The highest BCUT2D eigenvalue weighted by Crippen LogP contribution is 2.23. The number of rotatable bonds is 2. The summed E-state index contributed by atoms with van der Waals surface area (Å²) < 4.78 is 13.5. The van der Waals surface area contributed by atoms with Crippen LogP contribution in [0.15, 0.2) is 48.5 Å². The molecule has 0 bridgehead atoms. The molecule has 1 nitrogen and oxygen atoms in total. The first-order chi connectivity index (χ1) is 7.31. The van der Waals surface area contributed by atoms with Gasteiger partial charge in [-0.2, -0.15) is 0 Å². The molecule has 0 aromatic heterocycles. The highest BCUT2D eigenvalue weighted by atomic mass is 19.1. The van der Waals surface area contributed by atoms with Crippen LogP contribution in [-0.4, -0.2) is 5.11 Å². The van der Waals surface area contributed by atoms with Crippen molar-refractivity contribution >= 4 is 0 Å². The fraction of sp³-hybridized carbons (Fsp3) is 0.0769. The Bertz CT molecular complexity index is 451. The molecule has 2 rings (SSSR count). The molecular weight excluding hydrogens is 191 g/mol. The maximum Gasteiger partial charge on any atom is 0.131 e. The zero-order valence-electron chi connectivity index (χ0n) is 8.15. The molecule has 0 unspecified atom stereocenters. The summed E-state index contributed by atoms with van der Waals surface area (Å²) in [6.07, 6.45) is 0. The van der Waals surface area contributed by atoms with Crippen LogP contribution in [0.3, 0.4) is 0 Å². The Morgan fingerprint density at radius 3 is 2.40 bits per heavy atom. The van der Waals surface area contributed by atoms with Crippen LogP contribution in [0.1, 0.15) is 5.56 Å². The van der Waals surface area contributed by atoms with Gasteiger partial charge in [-0.15, -0.1) is 0 Å². The van der Waals surface area contributed by atoms with E-state index >= 15 is 0 Å². The van der Waals surface area contributed by atoms with Crippen molar-refractivity contribution in [3.05, 3.63) is 59.9 Å². The van der Waals surface area contributed by atoms with E-state index in [1.54, 1.807) is 12.1 Å². The van der Waals surface area contributed by atoms with Crippen molar-refractivity contribution in [1.29, 1.82) is 0 Å². The van der Waals surface area contributed by atoms with Gasteiger partial charge in [-0.3, -0.25) is 0 Å². The zero-order valence-corrected chi connectivity index (χ0v) is 8.15. The molecule has 1 N–H and O–H groups in total. The average molecular weight is 202 g/mol. The average Bonchev–Trinajstić information content (AvgIpc) is 2.31. The minimum Gasteiger partial charge on any atom is -0.392 e. The molecule has 0 atom stereocenters. The van der Waals surface area contributed by atoms with Crippen molar-refractivity contribution in [2.45, 2.75) is 6.61 Å². The van der Waals surface area contributed by atoms with E-state index in [1.165, 1.54) is 6.07 Å². The van der Waals surface area contributed by atoms with E-state index < -0.39 is 0 Å². The number of benzene rings is 2. The molecule has 0 heterocycles. The first kappa shape index (κ1) is 9.87. The number of hydrogen-bond acceptors (Lipinski definition) is 1. The number of aliphatic hydroxyl groups excluding tert-OH is 1. The van der Waals surface area contributed by atoms with Crippen molar-refractivity contribution in [3.63, 3.8) is 0 Å². The van der Waals surface area contributed by atoms with Gasteiger partial charge < -0.3 is 5.11 Å². The highest BCUT2D eigenvalue weighted by molar-refractivity contribution is 5.64. The Labute approximate surface area is 87.8 Å². The van der Waals surface area contributed by atoms with E-state index in [9.17, 15) is 4.39 Å². The second-order valence-electron chi connectivity index (χ2n) is 3.34. The third kappa shape index (κ3) is 2.05. The molecule has 76 valence electrons. The lowest BCUT2D eigenvalue weighted by Crippen LogP contribution is -1.88. The molecule has 2 heteroatoms. The van der Waals surface area contributed by atoms with Crippen molar-refractivity contribution < 1.29 is 9.50 Å². The van der Waals surface area contributed by atoms with Gasteiger partial charge in [0.25, 0.3) is 0 Å². The summed E-state index contributed by atoms with van der Waals surface area (Å²) in [5.41, 5.74) is 2.07. The topological polar surface area (TPSA) is 20.2 Å². The van der Waals surface area contributed by atoms with E-state index in [4.69, 9.17) is 5.11 Å². The molecule has 0 fully saturated rings. The number of aliphatic hydroxyl groups is 1. The Balaban J connectivity index is 2.52. The summed E-state index contributed by atoms with van der Waals surface area (Å²) in [5, 5.41) is 8.98. The SMILES string of the molecule is OCc1ccc(F)c(-c2ccccc2)c1. The minimum atomic E-state index is -0.265. The van der Waals surface area contributed by atoms with Crippen LogP contribution in [0.4, 0.5) is 4.39 Å². The van der Waals surface area contributed by atoms with Gasteiger partial charge in [0.15, 0.2) is 0 Å². The number of halogens is 1. The van der Waals surface area contributed by atoms with Gasteiger partial charge in [0.2, 0.25) is 0 Å². The molecular formula is C13H11FO. The second-order valence-corrected chi connectivity index (χ2v) is 3.34. The highest BCUT2D eigenvalue weighted by Gasteiger charge is 2.04. The summed E-state index contributed by atoms with van der Waals surface area (Å²) >= 11 is 0. The van der Waals surface area contributed by atoms with Crippen molar-refractivity contribution in [2.75, 3.05) is 0 Å². The third-order valence-electron chi connectivity index (χ3n) is 2.30. The summed E-state index contributed by atoms with van der Waals surface area (Å²) in [6.45, 7) is -0.0693. The normalized spacial score (nSPS) is 10.3. The van der Waals surface area contributed by atoms with Gasteiger partial charge in [0.1, 0.15) is 5.82 Å². The molecule has 0 saturated heterocycles. The smallest absolute Gasteiger partial charge is 0.131 e. The minimum absolute atomic E-state index is 0.0693. The van der Waals surface area contributed by atoms with Crippen molar-refractivity contribution in [2.24, 2.45) is 0 Å². The molecule has 0 aliphatic carbocycles.